The van der Waals surface area contributed by atoms with Gasteiger partial charge in [-0.2, -0.15) is 0 Å². The van der Waals surface area contributed by atoms with Crippen molar-refractivity contribution in [3.05, 3.63) is 71.8 Å². The molecular weight excluding hydrogens is 260 g/mol. The lowest BCUT2D eigenvalue weighted by Crippen LogP contribution is -2.64. The van der Waals surface area contributed by atoms with E-state index in [-0.39, 0.29) is 11.8 Å². The van der Waals surface area contributed by atoms with Gasteiger partial charge < -0.3 is 10.6 Å². The Kier molecular flexibility index (Phi) is 3.76. The van der Waals surface area contributed by atoms with Gasteiger partial charge in [0.05, 0.1) is 0 Å². The number of hydrogen-bond acceptors (Lipinski definition) is 2. The number of piperazine rings is 1. The third-order valence-electron chi connectivity index (χ3n) is 4.22. The number of nitrogens with one attached hydrogen (secondary N) is 2. The van der Waals surface area contributed by atoms with Gasteiger partial charge in [-0.3, -0.25) is 4.79 Å². The molecule has 2 aromatic rings. The van der Waals surface area contributed by atoms with E-state index in [0.717, 1.165) is 17.7 Å². The van der Waals surface area contributed by atoms with Gasteiger partial charge >= 0.3 is 0 Å². The minimum atomic E-state index is -0.638. The van der Waals surface area contributed by atoms with Gasteiger partial charge in [-0.05, 0) is 18.1 Å². The number of amides is 1. The zero-order chi connectivity index (χ0) is 14.7. The zero-order valence-corrected chi connectivity index (χ0v) is 12.2. The molecule has 3 rings (SSSR count). The smallest absolute Gasteiger partial charge is 0.241 e. The van der Waals surface area contributed by atoms with Crippen molar-refractivity contribution in [2.75, 3.05) is 13.1 Å². The van der Waals surface area contributed by atoms with Crippen LogP contribution in [-0.4, -0.2) is 24.5 Å². The van der Waals surface area contributed by atoms with Crippen LogP contribution in [0.1, 0.15) is 24.0 Å². The van der Waals surface area contributed by atoms with Crippen LogP contribution in [-0.2, 0) is 4.79 Å². The zero-order valence-electron chi connectivity index (χ0n) is 12.2. The van der Waals surface area contributed by atoms with E-state index < -0.39 is 5.54 Å². The predicted octanol–water partition coefficient (Wildman–Crippen LogP) is 2.30. The van der Waals surface area contributed by atoms with Crippen molar-refractivity contribution in [1.29, 1.82) is 0 Å². The Hall–Kier alpha value is -2.13. The number of rotatable bonds is 3. The highest BCUT2D eigenvalue weighted by Crippen LogP contribution is 2.35. The molecule has 0 radical (unpaired) electrons. The summed E-state index contributed by atoms with van der Waals surface area (Å²) in [5, 5.41) is 6.42. The molecular formula is C18H20N2O. The highest BCUT2D eigenvalue weighted by molar-refractivity contribution is 5.88. The molecule has 108 valence electrons. The second-order valence-electron chi connectivity index (χ2n) is 5.64. The first-order valence-electron chi connectivity index (χ1n) is 7.35. The van der Waals surface area contributed by atoms with E-state index in [4.69, 9.17) is 0 Å². The summed E-state index contributed by atoms with van der Waals surface area (Å²) in [6.45, 7) is 3.47. The fraction of sp³-hybridized carbons (Fsp3) is 0.278. The Morgan fingerprint density at radius 3 is 1.90 bits per heavy atom. The molecule has 0 spiro atoms. The van der Waals surface area contributed by atoms with Crippen molar-refractivity contribution in [1.82, 2.24) is 10.6 Å². The van der Waals surface area contributed by atoms with E-state index >= 15 is 0 Å². The first kappa shape index (κ1) is 13.8. The van der Waals surface area contributed by atoms with Crippen molar-refractivity contribution in [3.63, 3.8) is 0 Å². The molecule has 0 bridgehead atoms. The summed E-state index contributed by atoms with van der Waals surface area (Å²) in [4.78, 5) is 12.5. The standard InChI is InChI=1S/C18H20N2O/c1-18(17(21)19-12-13-20-18)16(14-8-4-2-5-9-14)15-10-6-3-7-11-15/h2-11,16,20H,12-13H2,1H3,(H,19,21). The molecule has 0 aromatic heterocycles. The van der Waals surface area contributed by atoms with Crippen molar-refractivity contribution in [3.8, 4) is 0 Å². The average Bonchev–Trinajstić information content (AvgIpc) is 2.53. The first-order valence-corrected chi connectivity index (χ1v) is 7.35. The summed E-state index contributed by atoms with van der Waals surface area (Å²) in [5.74, 6) is 0.0478. The third-order valence-corrected chi connectivity index (χ3v) is 4.22. The van der Waals surface area contributed by atoms with E-state index in [9.17, 15) is 4.79 Å². The van der Waals surface area contributed by atoms with Gasteiger partial charge in [0.15, 0.2) is 0 Å². The maximum atomic E-state index is 12.5. The molecule has 0 aliphatic carbocycles. The summed E-state index contributed by atoms with van der Waals surface area (Å²) in [7, 11) is 0. The van der Waals surface area contributed by atoms with Crippen LogP contribution in [0.15, 0.2) is 60.7 Å². The molecule has 1 heterocycles. The number of carbonyl (C=O) groups is 1. The molecule has 2 N–H and O–H groups in total. The topological polar surface area (TPSA) is 41.1 Å². The van der Waals surface area contributed by atoms with E-state index in [1.807, 2.05) is 43.3 Å². The Balaban J connectivity index is 2.10. The quantitative estimate of drug-likeness (QED) is 0.906. The lowest BCUT2D eigenvalue weighted by atomic mass is 9.74. The van der Waals surface area contributed by atoms with Crippen LogP contribution in [0.25, 0.3) is 0 Å². The Bertz CT molecular complexity index is 572. The summed E-state index contributed by atoms with van der Waals surface area (Å²) in [6, 6.07) is 20.5. The summed E-state index contributed by atoms with van der Waals surface area (Å²) in [6.07, 6.45) is 0. The van der Waals surface area contributed by atoms with Crippen LogP contribution >= 0.6 is 0 Å². The van der Waals surface area contributed by atoms with Crippen LogP contribution < -0.4 is 10.6 Å². The molecule has 3 nitrogen and oxygen atoms in total. The van der Waals surface area contributed by atoms with E-state index in [1.54, 1.807) is 0 Å². The van der Waals surface area contributed by atoms with E-state index in [1.165, 1.54) is 0 Å². The van der Waals surface area contributed by atoms with Crippen LogP contribution in [0, 0.1) is 0 Å². The van der Waals surface area contributed by atoms with Gasteiger partial charge in [-0.15, -0.1) is 0 Å². The van der Waals surface area contributed by atoms with Crippen molar-refractivity contribution >= 4 is 5.91 Å². The summed E-state index contributed by atoms with van der Waals surface area (Å²) < 4.78 is 0. The van der Waals surface area contributed by atoms with E-state index in [0.29, 0.717) is 6.54 Å². The minimum absolute atomic E-state index is 0.0137. The van der Waals surface area contributed by atoms with Crippen molar-refractivity contribution < 1.29 is 4.79 Å². The minimum Gasteiger partial charge on any atom is -0.353 e. The molecule has 1 amide bonds. The molecule has 1 unspecified atom stereocenters. The van der Waals surface area contributed by atoms with Crippen LogP contribution in [0.4, 0.5) is 0 Å². The molecule has 21 heavy (non-hydrogen) atoms. The third kappa shape index (κ3) is 2.57. The van der Waals surface area contributed by atoms with Crippen LogP contribution in [0.2, 0.25) is 0 Å². The van der Waals surface area contributed by atoms with Gasteiger partial charge in [-0.25, -0.2) is 0 Å². The molecule has 0 saturated carbocycles. The van der Waals surface area contributed by atoms with Gasteiger partial charge in [0.25, 0.3) is 0 Å². The predicted molar refractivity (Wildman–Crippen MR) is 84.1 cm³/mol. The molecule has 2 aromatic carbocycles. The molecule has 1 aliphatic rings. The van der Waals surface area contributed by atoms with Crippen LogP contribution in [0.3, 0.4) is 0 Å². The maximum Gasteiger partial charge on any atom is 0.241 e. The monoisotopic (exact) mass is 280 g/mol. The first-order chi connectivity index (χ1) is 10.2. The summed E-state index contributed by atoms with van der Waals surface area (Å²) in [5.41, 5.74) is 1.66. The number of benzene rings is 2. The second-order valence-corrected chi connectivity index (χ2v) is 5.64. The second kappa shape index (κ2) is 5.70. The van der Waals surface area contributed by atoms with Gasteiger partial charge in [0.1, 0.15) is 5.54 Å². The maximum absolute atomic E-state index is 12.5. The Labute approximate surface area is 125 Å². The van der Waals surface area contributed by atoms with E-state index in [2.05, 4.69) is 34.9 Å². The SMILES string of the molecule is CC1(C(c2ccccc2)c2ccccc2)NCCNC1=O. The Morgan fingerprint density at radius 2 is 1.43 bits per heavy atom. The molecule has 3 heteroatoms. The fourth-order valence-electron chi connectivity index (χ4n) is 3.15. The molecule has 1 saturated heterocycles. The van der Waals surface area contributed by atoms with Gasteiger partial charge in [-0.1, -0.05) is 60.7 Å². The summed E-state index contributed by atoms with van der Waals surface area (Å²) >= 11 is 0. The lowest BCUT2D eigenvalue weighted by molar-refractivity contribution is -0.129. The number of hydrogen-bond donors (Lipinski definition) is 2. The van der Waals surface area contributed by atoms with Gasteiger partial charge in [0, 0.05) is 19.0 Å². The lowest BCUT2D eigenvalue weighted by Gasteiger charge is -2.41. The molecule has 1 fully saturated rings. The van der Waals surface area contributed by atoms with Gasteiger partial charge in [0.2, 0.25) is 5.91 Å². The molecule has 1 atom stereocenters. The van der Waals surface area contributed by atoms with Crippen LogP contribution in [0.5, 0.6) is 0 Å². The largest absolute Gasteiger partial charge is 0.353 e. The number of carbonyl (C=O) groups excluding carboxylic acids is 1. The Morgan fingerprint density at radius 1 is 0.905 bits per heavy atom. The fourth-order valence-corrected chi connectivity index (χ4v) is 3.15. The average molecular weight is 280 g/mol. The highest BCUT2D eigenvalue weighted by atomic mass is 16.2. The molecule has 1 aliphatic heterocycles. The normalized spacial score (nSPS) is 22.1. The highest BCUT2D eigenvalue weighted by Gasteiger charge is 2.44. The van der Waals surface area contributed by atoms with Crippen molar-refractivity contribution in [2.24, 2.45) is 0 Å². The van der Waals surface area contributed by atoms with Crippen molar-refractivity contribution in [2.45, 2.75) is 18.4 Å².